The van der Waals surface area contributed by atoms with Crippen molar-refractivity contribution in [1.29, 1.82) is 0 Å². The number of thiophene rings is 1. The lowest BCUT2D eigenvalue weighted by Gasteiger charge is -2.16. The lowest BCUT2D eigenvalue weighted by Crippen LogP contribution is -2.09. The maximum Gasteiger partial charge on any atom is 0.0968 e. The van der Waals surface area contributed by atoms with Gasteiger partial charge in [-0.1, -0.05) is 32.4 Å². The molecule has 0 nitrogen and oxygen atoms in total. The zero-order valence-electron chi connectivity index (χ0n) is 7.36. The largest absolute Gasteiger partial charge is 0.128 e. The predicted molar refractivity (Wildman–Crippen MR) is 52.8 cm³/mol. The highest BCUT2D eigenvalue weighted by Crippen LogP contribution is 2.35. The molecular weight excluding hydrogens is 176 g/mol. The van der Waals surface area contributed by atoms with Gasteiger partial charge in [0, 0.05) is 4.88 Å². The van der Waals surface area contributed by atoms with Gasteiger partial charge in [0.15, 0.2) is 0 Å². The summed E-state index contributed by atoms with van der Waals surface area (Å²) < 4.78 is 0.940. The standard InChI is InChI=1S/C9H13ClS/c1-6-5-7(8(10)11-6)9(2,3)4/h5H,1-4H3. The van der Waals surface area contributed by atoms with Crippen molar-refractivity contribution in [2.24, 2.45) is 0 Å². The van der Waals surface area contributed by atoms with Crippen LogP contribution in [0.4, 0.5) is 0 Å². The third-order valence-electron chi connectivity index (χ3n) is 1.62. The predicted octanol–water partition coefficient (Wildman–Crippen LogP) is 4.01. The second-order valence-electron chi connectivity index (χ2n) is 3.79. The molecule has 0 aliphatic rings. The van der Waals surface area contributed by atoms with Crippen LogP contribution in [0.2, 0.25) is 4.34 Å². The molecule has 0 unspecified atom stereocenters. The maximum atomic E-state index is 6.05. The molecule has 0 bridgehead atoms. The van der Waals surface area contributed by atoms with E-state index in [0.29, 0.717) is 0 Å². The second-order valence-corrected chi connectivity index (χ2v) is 5.65. The van der Waals surface area contributed by atoms with Crippen molar-refractivity contribution in [2.45, 2.75) is 33.1 Å². The van der Waals surface area contributed by atoms with Crippen LogP contribution in [0.25, 0.3) is 0 Å². The van der Waals surface area contributed by atoms with Crippen molar-refractivity contribution < 1.29 is 0 Å². The molecule has 1 aromatic heterocycles. The summed E-state index contributed by atoms with van der Waals surface area (Å²) in [6.45, 7) is 8.63. The molecule has 0 saturated heterocycles. The van der Waals surface area contributed by atoms with Crippen LogP contribution in [0, 0.1) is 6.92 Å². The van der Waals surface area contributed by atoms with Crippen molar-refractivity contribution in [1.82, 2.24) is 0 Å². The summed E-state index contributed by atoms with van der Waals surface area (Å²) in [5, 5.41) is 0. The molecule has 0 atom stereocenters. The summed E-state index contributed by atoms with van der Waals surface area (Å²) in [6, 6.07) is 2.17. The van der Waals surface area contributed by atoms with Crippen LogP contribution in [-0.2, 0) is 5.41 Å². The first-order chi connectivity index (χ1) is 4.91. The van der Waals surface area contributed by atoms with Crippen molar-refractivity contribution >= 4 is 22.9 Å². The SMILES string of the molecule is Cc1cc(C(C)(C)C)c(Cl)s1. The van der Waals surface area contributed by atoms with Gasteiger partial charge < -0.3 is 0 Å². The molecule has 1 aromatic rings. The van der Waals surface area contributed by atoms with E-state index in [-0.39, 0.29) is 5.41 Å². The van der Waals surface area contributed by atoms with Gasteiger partial charge in [0.1, 0.15) is 0 Å². The summed E-state index contributed by atoms with van der Waals surface area (Å²) in [6.07, 6.45) is 0. The average molecular weight is 189 g/mol. The van der Waals surface area contributed by atoms with Crippen LogP contribution in [0.1, 0.15) is 31.2 Å². The molecule has 1 rings (SSSR count). The first-order valence-corrected chi connectivity index (χ1v) is 4.87. The molecule has 0 spiro atoms. The molecular formula is C9H13ClS. The van der Waals surface area contributed by atoms with Gasteiger partial charge in [-0.15, -0.1) is 11.3 Å². The first-order valence-electron chi connectivity index (χ1n) is 3.67. The molecule has 0 aliphatic carbocycles. The van der Waals surface area contributed by atoms with Crippen LogP contribution >= 0.6 is 22.9 Å². The Labute approximate surface area is 77.2 Å². The monoisotopic (exact) mass is 188 g/mol. The van der Waals surface area contributed by atoms with E-state index in [0.717, 1.165) is 4.34 Å². The molecule has 0 aliphatic heterocycles. The van der Waals surface area contributed by atoms with Crippen LogP contribution < -0.4 is 0 Å². The van der Waals surface area contributed by atoms with Gasteiger partial charge in [0.2, 0.25) is 0 Å². The Morgan fingerprint density at radius 3 is 2.09 bits per heavy atom. The van der Waals surface area contributed by atoms with Gasteiger partial charge in [0.25, 0.3) is 0 Å². The van der Waals surface area contributed by atoms with Gasteiger partial charge >= 0.3 is 0 Å². The molecule has 0 fully saturated rings. The molecule has 0 amide bonds. The number of aryl methyl sites for hydroxylation is 1. The molecule has 1 heterocycles. The normalized spacial score (nSPS) is 12.1. The fraction of sp³-hybridized carbons (Fsp3) is 0.556. The number of hydrogen-bond donors (Lipinski definition) is 0. The lowest BCUT2D eigenvalue weighted by molar-refractivity contribution is 0.593. The lowest BCUT2D eigenvalue weighted by atomic mass is 9.89. The van der Waals surface area contributed by atoms with Crippen LogP contribution in [0.15, 0.2) is 6.07 Å². The molecule has 2 heteroatoms. The Bertz CT molecular complexity index is 255. The van der Waals surface area contributed by atoms with E-state index in [1.165, 1.54) is 10.4 Å². The van der Waals surface area contributed by atoms with Gasteiger partial charge in [0.05, 0.1) is 4.34 Å². The minimum absolute atomic E-state index is 0.182. The summed E-state index contributed by atoms with van der Waals surface area (Å²) >= 11 is 7.71. The summed E-state index contributed by atoms with van der Waals surface area (Å²) in [4.78, 5) is 1.29. The number of halogens is 1. The van der Waals surface area contributed by atoms with Gasteiger partial charge in [-0.2, -0.15) is 0 Å². The van der Waals surface area contributed by atoms with E-state index < -0.39 is 0 Å². The van der Waals surface area contributed by atoms with Gasteiger partial charge in [-0.3, -0.25) is 0 Å². The Balaban J connectivity index is 3.13. The van der Waals surface area contributed by atoms with E-state index in [2.05, 4.69) is 33.8 Å². The summed E-state index contributed by atoms with van der Waals surface area (Å²) in [7, 11) is 0. The summed E-state index contributed by atoms with van der Waals surface area (Å²) in [5.74, 6) is 0. The second kappa shape index (κ2) is 2.80. The fourth-order valence-electron chi connectivity index (χ4n) is 0.997. The minimum Gasteiger partial charge on any atom is -0.128 e. The third kappa shape index (κ3) is 1.97. The average Bonchev–Trinajstić information content (AvgIpc) is 2.08. The van der Waals surface area contributed by atoms with Crippen molar-refractivity contribution in [3.8, 4) is 0 Å². The summed E-state index contributed by atoms with van der Waals surface area (Å²) in [5.41, 5.74) is 1.45. The molecule has 0 saturated carbocycles. The van der Waals surface area contributed by atoms with Gasteiger partial charge in [-0.25, -0.2) is 0 Å². The van der Waals surface area contributed by atoms with Crippen LogP contribution in [-0.4, -0.2) is 0 Å². The Kier molecular flexibility index (Phi) is 2.31. The van der Waals surface area contributed by atoms with Gasteiger partial charge in [-0.05, 0) is 24.0 Å². The smallest absolute Gasteiger partial charge is 0.0968 e. The van der Waals surface area contributed by atoms with E-state index in [1.807, 2.05) is 0 Å². The molecule has 0 N–H and O–H groups in total. The fourth-order valence-corrected chi connectivity index (χ4v) is 2.63. The maximum absolute atomic E-state index is 6.05. The van der Waals surface area contributed by atoms with Crippen LogP contribution in [0.5, 0.6) is 0 Å². The highest BCUT2D eigenvalue weighted by atomic mass is 35.5. The minimum atomic E-state index is 0.182. The Morgan fingerprint density at radius 1 is 1.36 bits per heavy atom. The highest BCUT2D eigenvalue weighted by Gasteiger charge is 2.18. The number of hydrogen-bond acceptors (Lipinski definition) is 1. The molecule has 11 heavy (non-hydrogen) atoms. The van der Waals surface area contributed by atoms with Crippen molar-refractivity contribution in [2.75, 3.05) is 0 Å². The van der Waals surface area contributed by atoms with Crippen LogP contribution in [0.3, 0.4) is 0 Å². The molecule has 0 aromatic carbocycles. The topological polar surface area (TPSA) is 0 Å². The van der Waals surface area contributed by atoms with E-state index in [9.17, 15) is 0 Å². The first kappa shape index (κ1) is 9.08. The zero-order chi connectivity index (χ0) is 8.65. The number of rotatable bonds is 0. The van der Waals surface area contributed by atoms with E-state index in [4.69, 9.17) is 11.6 Å². The third-order valence-corrected chi connectivity index (χ3v) is 2.89. The Morgan fingerprint density at radius 2 is 1.91 bits per heavy atom. The zero-order valence-corrected chi connectivity index (χ0v) is 8.94. The van der Waals surface area contributed by atoms with E-state index >= 15 is 0 Å². The van der Waals surface area contributed by atoms with E-state index in [1.54, 1.807) is 11.3 Å². The highest BCUT2D eigenvalue weighted by molar-refractivity contribution is 7.16. The van der Waals surface area contributed by atoms with Crippen molar-refractivity contribution in [3.63, 3.8) is 0 Å². The quantitative estimate of drug-likeness (QED) is 0.577. The molecule has 62 valence electrons. The molecule has 0 radical (unpaired) electrons. The Hall–Kier alpha value is -0.0100. The van der Waals surface area contributed by atoms with Crippen molar-refractivity contribution in [3.05, 3.63) is 20.8 Å².